The van der Waals surface area contributed by atoms with Crippen LogP contribution in [-0.4, -0.2) is 15.2 Å². The molecule has 24 heavy (non-hydrogen) atoms. The van der Waals surface area contributed by atoms with Crippen LogP contribution in [0, 0.1) is 23.0 Å². The fourth-order valence-corrected chi connectivity index (χ4v) is 1.92. The molecule has 0 radical (unpaired) electrons. The second kappa shape index (κ2) is 6.66. The minimum atomic E-state index is -0.760. The number of hydrogen-bond acceptors (Lipinski definition) is 6. The van der Waals surface area contributed by atoms with Crippen LogP contribution < -0.4 is 10.6 Å². The van der Waals surface area contributed by atoms with Crippen molar-refractivity contribution in [3.05, 3.63) is 65.9 Å². The van der Waals surface area contributed by atoms with E-state index in [0.29, 0.717) is 17.1 Å². The summed E-state index contributed by atoms with van der Waals surface area (Å²) in [6.45, 7) is 0. The van der Waals surface area contributed by atoms with Crippen LogP contribution in [0.15, 0.2) is 48.7 Å². The Kier molecular flexibility index (Phi) is 4.25. The van der Waals surface area contributed by atoms with Crippen LogP contribution in [-0.2, 0) is 0 Å². The monoisotopic (exact) mass is 324 g/mol. The van der Waals surface area contributed by atoms with Crippen molar-refractivity contribution in [2.24, 2.45) is 0 Å². The topological polar surface area (TPSA) is 86.5 Å². The van der Waals surface area contributed by atoms with Gasteiger partial charge in [0.25, 0.3) is 0 Å². The highest BCUT2D eigenvalue weighted by atomic mass is 19.1. The van der Waals surface area contributed by atoms with E-state index in [-0.39, 0.29) is 11.6 Å². The summed E-state index contributed by atoms with van der Waals surface area (Å²) in [6.07, 6.45) is 1.36. The Morgan fingerprint density at radius 3 is 2.33 bits per heavy atom. The molecule has 0 fully saturated rings. The molecule has 1 aromatic heterocycles. The molecule has 0 aliphatic carbocycles. The molecule has 0 amide bonds. The highest BCUT2D eigenvalue weighted by molar-refractivity contribution is 5.59. The largest absolute Gasteiger partial charge is 0.339 e. The van der Waals surface area contributed by atoms with Crippen molar-refractivity contribution in [1.82, 2.24) is 15.2 Å². The molecule has 0 saturated heterocycles. The van der Waals surface area contributed by atoms with E-state index in [2.05, 4.69) is 25.8 Å². The number of benzene rings is 2. The highest BCUT2D eigenvalue weighted by Gasteiger charge is 2.10. The minimum absolute atomic E-state index is 0.0577. The van der Waals surface area contributed by atoms with E-state index >= 15 is 0 Å². The number of aromatic nitrogens is 3. The lowest BCUT2D eigenvalue weighted by atomic mass is 10.2. The maximum Gasteiger partial charge on any atom is 0.249 e. The molecular formula is C16H10F2N6. The van der Waals surface area contributed by atoms with Crippen molar-refractivity contribution in [2.75, 3.05) is 10.6 Å². The van der Waals surface area contributed by atoms with E-state index in [1.807, 2.05) is 6.07 Å². The first-order chi connectivity index (χ1) is 11.7. The Bertz CT molecular complexity index is 885. The quantitative estimate of drug-likeness (QED) is 0.764. The van der Waals surface area contributed by atoms with Crippen molar-refractivity contribution in [3.63, 3.8) is 0 Å². The number of rotatable bonds is 4. The third-order valence-electron chi connectivity index (χ3n) is 3.04. The molecule has 6 nitrogen and oxygen atoms in total. The number of anilines is 4. The Morgan fingerprint density at radius 2 is 1.67 bits per heavy atom. The van der Waals surface area contributed by atoms with Gasteiger partial charge in [-0.1, -0.05) is 6.07 Å². The minimum Gasteiger partial charge on any atom is -0.339 e. The third-order valence-corrected chi connectivity index (χ3v) is 3.04. The second-order valence-electron chi connectivity index (χ2n) is 4.70. The molecule has 8 heteroatoms. The maximum atomic E-state index is 13.6. The predicted octanol–water partition coefficient (Wildman–Crippen LogP) is 3.51. The van der Waals surface area contributed by atoms with E-state index in [4.69, 9.17) is 5.26 Å². The summed E-state index contributed by atoms with van der Waals surface area (Å²) in [7, 11) is 0. The molecule has 3 aromatic rings. The zero-order valence-electron chi connectivity index (χ0n) is 12.2. The van der Waals surface area contributed by atoms with Gasteiger partial charge in [-0.15, -0.1) is 5.10 Å². The van der Waals surface area contributed by atoms with Gasteiger partial charge in [0, 0.05) is 5.69 Å². The third kappa shape index (κ3) is 3.41. The lowest BCUT2D eigenvalue weighted by molar-refractivity contribution is 0.590. The van der Waals surface area contributed by atoms with Crippen molar-refractivity contribution in [1.29, 1.82) is 5.26 Å². The van der Waals surface area contributed by atoms with Crippen LogP contribution in [0.1, 0.15) is 5.56 Å². The normalized spacial score (nSPS) is 10.0. The first-order valence-corrected chi connectivity index (χ1v) is 6.83. The van der Waals surface area contributed by atoms with E-state index in [0.717, 1.165) is 12.1 Å². The van der Waals surface area contributed by atoms with Crippen molar-refractivity contribution < 1.29 is 8.78 Å². The SMILES string of the molecule is N#Cc1ccc(Nc2cnnc(Nc3c(F)cccc3F)n2)cc1. The zero-order chi connectivity index (χ0) is 16.9. The van der Waals surface area contributed by atoms with Crippen LogP contribution in [0.25, 0.3) is 0 Å². The fourth-order valence-electron chi connectivity index (χ4n) is 1.92. The summed E-state index contributed by atoms with van der Waals surface area (Å²) < 4.78 is 27.3. The number of hydrogen-bond donors (Lipinski definition) is 2. The molecule has 3 rings (SSSR count). The molecule has 0 saturated carbocycles. The molecule has 0 unspecified atom stereocenters. The average molecular weight is 324 g/mol. The standard InChI is InChI=1S/C16H10F2N6/c17-12-2-1-3-13(18)15(12)23-16-22-14(9-20-24-16)21-11-6-4-10(8-19)5-7-11/h1-7,9H,(H2,21,22,23,24). The summed E-state index contributed by atoms with van der Waals surface area (Å²) in [4.78, 5) is 4.09. The van der Waals surface area contributed by atoms with Gasteiger partial charge in [0.05, 0.1) is 17.8 Å². The van der Waals surface area contributed by atoms with Crippen LogP contribution in [0.5, 0.6) is 0 Å². The van der Waals surface area contributed by atoms with Crippen molar-refractivity contribution in [2.45, 2.75) is 0 Å². The average Bonchev–Trinajstić information content (AvgIpc) is 2.59. The number of halogens is 2. The molecule has 0 aliphatic rings. The highest BCUT2D eigenvalue weighted by Crippen LogP contribution is 2.22. The number of nitrogens with one attached hydrogen (secondary N) is 2. The van der Waals surface area contributed by atoms with Gasteiger partial charge in [0.1, 0.15) is 17.3 Å². The van der Waals surface area contributed by atoms with Gasteiger partial charge >= 0.3 is 0 Å². The van der Waals surface area contributed by atoms with Crippen LogP contribution >= 0.6 is 0 Å². The Balaban J connectivity index is 1.80. The van der Waals surface area contributed by atoms with E-state index in [1.54, 1.807) is 24.3 Å². The van der Waals surface area contributed by atoms with E-state index < -0.39 is 11.6 Å². The maximum absolute atomic E-state index is 13.6. The van der Waals surface area contributed by atoms with Crippen LogP contribution in [0.3, 0.4) is 0 Å². The summed E-state index contributed by atoms with van der Waals surface area (Å²) in [5.41, 5.74) is 0.853. The molecule has 118 valence electrons. The van der Waals surface area contributed by atoms with E-state index in [9.17, 15) is 8.78 Å². The Labute approximate surface area is 135 Å². The first kappa shape index (κ1) is 15.3. The molecule has 0 atom stereocenters. The number of nitriles is 1. The predicted molar refractivity (Wildman–Crippen MR) is 83.9 cm³/mol. The fraction of sp³-hybridized carbons (Fsp3) is 0. The summed E-state index contributed by atoms with van der Waals surface area (Å²) in [5, 5.41) is 21.6. The van der Waals surface area contributed by atoms with Crippen LogP contribution in [0.4, 0.5) is 31.9 Å². The Morgan fingerprint density at radius 1 is 0.958 bits per heavy atom. The molecular weight excluding hydrogens is 314 g/mol. The van der Waals surface area contributed by atoms with Gasteiger partial charge in [-0.05, 0) is 36.4 Å². The Hall–Kier alpha value is -3.60. The number of nitrogens with zero attached hydrogens (tertiary/aromatic N) is 4. The lowest BCUT2D eigenvalue weighted by Gasteiger charge is -2.09. The lowest BCUT2D eigenvalue weighted by Crippen LogP contribution is -2.04. The smallest absolute Gasteiger partial charge is 0.249 e. The molecule has 1 heterocycles. The molecule has 0 bridgehead atoms. The summed E-state index contributed by atoms with van der Waals surface area (Å²) >= 11 is 0. The molecule has 2 aromatic carbocycles. The van der Waals surface area contributed by atoms with E-state index in [1.165, 1.54) is 12.3 Å². The van der Waals surface area contributed by atoms with Gasteiger partial charge in [-0.25, -0.2) is 8.78 Å². The molecule has 0 spiro atoms. The van der Waals surface area contributed by atoms with Gasteiger partial charge in [-0.3, -0.25) is 0 Å². The van der Waals surface area contributed by atoms with Gasteiger partial charge in [0.15, 0.2) is 5.82 Å². The van der Waals surface area contributed by atoms with Crippen molar-refractivity contribution >= 4 is 23.1 Å². The number of para-hydroxylation sites is 1. The summed E-state index contributed by atoms with van der Waals surface area (Å²) in [5.74, 6) is -1.25. The van der Waals surface area contributed by atoms with Gasteiger partial charge < -0.3 is 10.6 Å². The summed E-state index contributed by atoms with van der Waals surface area (Å²) in [6, 6.07) is 12.2. The van der Waals surface area contributed by atoms with Gasteiger partial charge in [0.2, 0.25) is 5.95 Å². The van der Waals surface area contributed by atoms with Crippen LogP contribution in [0.2, 0.25) is 0 Å². The van der Waals surface area contributed by atoms with Crippen molar-refractivity contribution in [3.8, 4) is 6.07 Å². The van der Waals surface area contributed by atoms with Gasteiger partial charge in [-0.2, -0.15) is 15.3 Å². The zero-order valence-corrected chi connectivity index (χ0v) is 12.2. The second-order valence-corrected chi connectivity index (χ2v) is 4.70. The first-order valence-electron chi connectivity index (χ1n) is 6.83. The molecule has 2 N–H and O–H groups in total. The molecule has 0 aliphatic heterocycles.